The Morgan fingerprint density at radius 3 is 2.72 bits per heavy atom. The first-order valence-corrected chi connectivity index (χ1v) is 8.15. The summed E-state index contributed by atoms with van der Waals surface area (Å²) in [5.74, 6) is 0.909. The van der Waals surface area contributed by atoms with Crippen molar-refractivity contribution < 1.29 is 0 Å². The van der Waals surface area contributed by atoms with E-state index < -0.39 is 0 Å². The van der Waals surface area contributed by atoms with Crippen LogP contribution >= 0.6 is 22.9 Å². The van der Waals surface area contributed by atoms with E-state index in [-0.39, 0.29) is 0 Å². The number of hydrogen-bond acceptors (Lipinski definition) is 2. The van der Waals surface area contributed by atoms with Gasteiger partial charge in [0.25, 0.3) is 0 Å². The van der Waals surface area contributed by atoms with Crippen molar-refractivity contribution in [1.29, 1.82) is 0 Å². The van der Waals surface area contributed by atoms with Gasteiger partial charge in [0.1, 0.15) is 0 Å². The van der Waals surface area contributed by atoms with Crippen LogP contribution in [0.3, 0.4) is 0 Å². The molecular formula is C15H22ClNS. The van der Waals surface area contributed by atoms with Crippen LogP contribution in [0.2, 0.25) is 5.02 Å². The van der Waals surface area contributed by atoms with E-state index >= 15 is 0 Å². The van der Waals surface area contributed by atoms with Crippen molar-refractivity contribution >= 4 is 22.9 Å². The van der Waals surface area contributed by atoms with Gasteiger partial charge in [0.15, 0.2) is 0 Å². The fourth-order valence-corrected chi connectivity index (χ4v) is 5.21. The lowest BCUT2D eigenvalue weighted by molar-refractivity contribution is 0.120. The zero-order valence-corrected chi connectivity index (χ0v) is 13.0. The van der Waals surface area contributed by atoms with Gasteiger partial charge in [0.2, 0.25) is 0 Å². The van der Waals surface area contributed by atoms with Crippen LogP contribution in [0.15, 0.2) is 11.4 Å². The van der Waals surface area contributed by atoms with E-state index in [1.54, 1.807) is 11.3 Å². The van der Waals surface area contributed by atoms with Crippen molar-refractivity contribution in [2.75, 3.05) is 0 Å². The second-order valence-electron chi connectivity index (χ2n) is 6.78. The quantitative estimate of drug-likeness (QED) is 0.847. The smallest absolute Gasteiger partial charge is 0.0516 e. The number of hydrogen-bond donors (Lipinski definition) is 1. The molecule has 1 aromatic heterocycles. The van der Waals surface area contributed by atoms with Gasteiger partial charge in [-0.25, -0.2) is 0 Å². The van der Waals surface area contributed by atoms with Gasteiger partial charge >= 0.3 is 0 Å². The number of halogens is 1. The summed E-state index contributed by atoms with van der Waals surface area (Å²) in [7, 11) is 0. The lowest BCUT2D eigenvalue weighted by Gasteiger charge is -2.39. The van der Waals surface area contributed by atoms with E-state index in [4.69, 9.17) is 11.6 Å². The van der Waals surface area contributed by atoms with Crippen molar-refractivity contribution in [3.05, 3.63) is 21.3 Å². The van der Waals surface area contributed by atoms with Gasteiger partial charge in [-0.3, -0.25) is 0 Å². The molecule has 0 saturated heterocycles. The highest BCUT2D eigenvalue weighted by Crippen LogP contribution is 2.65. The molecule has 0 radical (unpaired) electrons. The van der Waals surface area contributed by atoms with Gasteiger partial charge in [0, 0.05) is 22.8 Å². The summed E-state index contributed by atoms with van der Waals surface area (Å²) in [6, 6.07) is 2.76. The fraction of sp³-hybridized carbons (Fsp3) is 0.733. The molecule has 1 heterocycles. The van der Waals surface area contributed by atoms with E-state index in [1.807, 2.05) is 5.38 Å². The third-order valence-electron chi connectivity index (χ3n) is 5.94. The fourth-order valence-electron chi connectivity index (χ4n) is 4.18. The Bertz CT molecular complexity index is 453. The Kier molecular flexibility index (Phi) is 3.04. The first-order chi connectivity index (χ1) is 8.43. The molecule has 100 valence electrons. The molecule has 1 aromatic rings. The Balaban J connectivity index is 1.69. The summed E-state index contributed by atoms with van der Waals surface area (Å²) in [5.41, 5.74) is 0.969. The number of thiophene rings is 1. The largest absolute Gasteiger partial charge is 0.309 e. The SMILES string of the molecule is CC1(C)C2CCC1(C)C(NCc1cc(Cl)cs1)C2. The zero-order chi connectivity index (χ0) is 13.0. The van der Waals surface area contributed by atoms with Crippen molar-refractivity contribution in [1.82, 2.24) is 5.32 Å². The van der Waals surface area contributed by atoms with Gasteiger partial charge in [-0.15, -0.1) is 11.3 Å². The monoisotopic (exact) mass is 283 g/mol. The predicted molar refractivity (Wildman–Crippen MR) is 79.2 cm³/mol. The minimum Gasteiger partial charge on any atom is -0.309 e. The van der Waals surface area contributed by atoms with E-state index in [2.05, 4.69) is 32.2 Å². The van der Waals surface area contributed by atoms with Crippen LogP contribution in [0.4, 0.5) is 0 Å². The summed E-state index contributed by atoms with van der Waals surface area (Å²) < 4.78 is 0. The number of rotatable bonds is 3. The normalized spacial score (nSPS) is 37.3. The molecule has 3 unspecified atom stereocenters. The van der Waals surface area contributed by atoms with Crippen LogP contribution in [0.5, 0.6) is 0 Å². The molecular weight excluding hydrogens is 262 g/mol. The highest BCUT2D eigenvalue weighted by atomic mass is 35.5. The van der Waals surface area contributed by atoms with Crippen molar-refractivity contribution in [3.8, 4) is 0 Å². The Labute approximate surface area is 119 Å². The van der Waals surface area contributed by atoms with Crippen LogP contribution in [0, 0.1) is 16.7 Å². The summed E-state index contributed by atoms with van der Waals surface area (Å²) in [4.78, 5) is 1.35. The molecule has 0 amide bonds. The Morgan fingerprint density at radius 2 is 2.22 bits per heavy atom. The van der Waals surface area contributed by atoms with Crippen LogP contribution < -0.4 is 5.32 Å². The van der Waals surface area contributed by atoms with E-state index in [9.17, 15) is 0 Å². The number of nitrogens with one attached hydrogen (secondary N) is 1. The zero-order valence-electron chi connectivity index (χ0n) is 11.4. The van der Waals surface area contributed by atoms with Crippen molar-refractivity contribution in [2.24, 2.45) is 16.7 Å². The Hall–Kier alpha value is -0.0500. The average Bonchev–Trinajstić information content (AvgIpc) is 2.87. The molecule has 18 heavy (non-hydrogen) atoms. The van der Waals surface area contributed by atoms with Crippen LogP contribution in [-0.4, -0.2) is 6.04 Å². The van der Waals surface area contributed by atoms with Gasteiger partial charge in [-0.2, -0.15) is 0 Å². The molecule has 0 aliphatic heterocycles. The first kappa shape index (κ1) is 13.0. The molecule has 2 bridgehead atoms. The molecule has 0 spiro atoms. The van der Waals surface area contributed by atoms with E-state index in [1.165, 1.54) is 24.1 Å². The summed E-state index contributed by atoms with van der Waals surface area (Å²) in [5, 5.41) is 6.68. The molecule has 2 aliphatic rings. The van der Waals surface area contributed by atoms with Crippen molar-refractivity contribution in [3.63, 3.8) is 0 Å². The molecule has 2 fully saturated rings. The highest BCUT2D eigenvalue weighted by Gasteiger charge is 2.60. The van der Waals surface area contributed by atoms with Crippen molar-refractivity contribution in [2.45, 2.75) is 52.6 Å². The predicted octanol–water partition coefficient (Wildman–Crippen LogP) is 4.71. The summed E-state index contributed by atoms with van der Waals surface area (Å²) in [6.45, 7) is 8.39. The molecule has 1 nitrogen and oxygen atoms in total. The third kappa shape index (κ3) is 1.76. The topological polar surface area (TPSA) is 12.0 Å². The Morgan fingerprint density at radius 1 is 1.44 bits per heavy atom. The summed E-state index contributed by atoms with van der Waals surface area (Å²) in [6.07, 6.45) is 4.16. The van der Waals surface area contributed by atoms with Crippen LogP contribution in [0.25, 0.3) is 0 Å². The summed E-state index contributed by atoms with van der Waals surface area (Å²) >= 11 is 7.73. The molecule has 3 rings (SSSR count). The minimum absolute atomic E-state index is 0.471. The maximum absolute atomic E-state index is 5.97. The third-order valence-corrected chi connectivity index (χ3v) is 7.22. The standard InChI is InChI=1S/C15H22ClNS/c1-14(2)10-4-5-15(14,3)13(6-10)17-8-12-7-11(16)9-18-12/h7,9-10,13,17H,4-6,8H2,1-3H3. The minimum atomic E-state index is 0.471. The molecule has 2 saturated carbocycles. The molecule has 2 aliphatic carbocycles. The van der Waals surface area contributed by atoms with Gasteiger partial charge in [0.05, 0.1) is 5.02 Å². The maximum Gasteiger partial charge on any atom is 0.0516 e. The van der Waals surface area contributed by atoms with Crippen LogP contribution in [-0.2, 0) is 6.54 Å². The highest BCUT2D eigenvalue weighted by molar-refractivity contribution is 7.10. The lowest BCUT2D eigenvalue weighted by Crippen LogP contribution is -2.44. The van der Waals surface area contributed by atoms with E-state index in [0.29, 0.717) is 16.9 Å². The van der Waals surface area contributed by atoms with Gasteiger partial charge in [-0.1, -0.05) is 32.4 Å². The average molecular weight is 284 g/mol. The molecule has 3 atom stereocenters. The first-order valence-electron chi connectivity index (χ1n) is 6.90. The molecule has 1 N–H and O–H groups in total. The molecule has 3 heteroatoms. The molecule has 0 aromatic carbocycles. The van der Waals surface area contributed by atoms with E-state index in [0.717, 1.165) is 17.5 Å². The van der Waals surface area contributed by atoms with Gasteiger partial charge in [-0.05, 0) is 42.1 Å². The second kappa shape index (κ2) is 4.22. The van der Waals surface area contributed by atoms with Crippen LogP contribution in [0.1, 0.15) is 44.9 Å². The maximum atomic E-state index is 5.97. The second-order valence-corrected chi connectivity index (χ2v) is 8.21. The number of fused-ring (bicyclic) bond motifs is 2. The van der Waals surface area contributed by atoms with Gasteiger partial charge < -0.3 is 5.32 Å². The lowest BCUT2D eigenvalue weighted by atomic mass is 9.69.